The van der Waals surface area contributed by atoms with Gasteiger partial charge in [0.1, 0.15) is 5.82 Å². The number of amides is 1. The molecule has 1 saturated heterocycles. The number of carbonyl (C=O) groups excluding carboxylic acids is 1. The Balaban J connectivity index is 2.20. The Hall–Kier alpha value is -1.63. The highest BCUT2D eigenvalue weighted by molar-refractivity contribution is 5.95. The van der Waals surface area contributed by atoms with E-state index in [1.165, 1.54) is 0 Å². The van der Waals surface area contributed by atoms with Crippen LogP contribution in [0, 0.1) is 11.7 Å². The second-order valence-corrected chi connectivity index (χ2v) is 4.91. The summed E-state index contributed by atoms with van der Waals surface area (Å²) in [5, 5.41) is 5.60. The second-order valence-electron chi connectivity index (χ2n) is 4.91. The largest absolute Gasteiger partial charge is 0.416 e. The number of rotatable bonds is 2. The Bertz CT molecular complexity index is 516. The van der Waals surface area contributed by atoms with Gasteiger partial charge in [0.15, 0.2) is 0 Å². The monoisotopic (exact) mass is 290 g/mol. The molecule has 1 fully saturated rings. The Labute approximate surface area is 113 Å². The van der Waals surface area contributed by atoms with Gasteiger partial charge in [-0.05, 0) is 30.7 Å². The van der Waals surface area contributed by atoms with E-state index < -0.39 is 29.0 Å². The molecule has 1 heterocycles. The van der Waals surface area contributed by atoms with Crippen molar-refractivity contribution in [2.75, 3.05) is 13.1 Å². The molecule has 1 aliphatic heterocycles. The van der Waals surface area contributed by atoms with Crippen LogP contribution in [0.1, 0.15) is 22.8 Å². The van der Waals surface area contributed by atoms with Crippen LogP contribution in [0.25, 0.3) is 0 Å². The molecule has 0 aromatic heterocycles. The molecule has 1 amide bonds. The molecule has 2 unspecified atom stereocenters. The standard InChI is InChI=1S/C13H14F4N2O/c1-7-5-18-6-11(7)19-12(20)9-4-8(13(15,16)17)2-3-10(9)14/h2-4,7,11,18H,5-6H2,1H3,(H,19,20). The molecule has 0 aliphatic carbocycles. The highest BCUT2D eigenvalue weighted by Crippen LogP contribution is 2.30. The van der Waals surface area contributed by atoms with Crippen LogP contribution in [0.15, 0.2) is 18.2 Å². The number of hydrogen-bond acceptors (Lipinski definition) is 2. The first-order valence-corrected chi connectivity index (χ1v) is 6.17. The summed E-state index contributed by atoms with van der Waals surface area (Å²) < 4.78 is 51.2. The maximum Gasteiger partial charge on any atom is 0.416 e. The summed E-state index contributed by atoms with van der Waals surface area (Å²) in [5.74, 6) is -1.64. The average Bonchev–Trinajstić information content (AvgIpc) is 2.74. The van der Waals surface area contributed by atoms with Crippen molar-refractivity contribution in [1.82, 2.24) is 10.6 Å². The summed E-state index contributed by atoms with van der Waals surface area (Å²) in [4.78, 5) is 11.9. The molecule has 1 aromatic rings. The lowest BCUT2D eigenvalue weighted by atomic mass is 10.0. The van der Waals surface area contributed by atoms with Gasteiger partial charge in [0.25, 0.3) is 5.91 Å². The summed E-state index contributed by atoms with van der Waals surface area (Å²) in [6.07, 6.45) is -4.61. The predicted octanol–water partition coefficient (Wildman–Crippen LogP) is 2.18. The molecule has 1 aromatic carbocycles. The minimum atomic E-state index is -4.61. The van der Waals surface area contributed by atoms with E-state index in [1.54, 1.807) is 0 Å². The predicted molar refractivity (Wildman–Crippen MR) is 64.7 cm³/mol. The van der Waals surface area contributed by atoms with Crippen LogP contribution in [0.3, 0.4) is 0 Å². The molecule has 0 bridgehead atoms. The molecule has 3 nitrogen and oxygen atoms in total. The van der Waals surface area contributed by atoms with Gasteiger partial charge in [-0.1, -0.05) is 6.92 Å². The van der Waals surface area contributed by atoms with E-state index in [1.807, 2.05) is 6.92 Å². The van der Waals surface area contributed by atoms with E-state index in [2.05, 4.69) is 10.6 Å². The van der Waals surface area contributed by atoms with Gasteiger partial charge in [-0.2, -0.15) is 13.2 Å². The van der Waals surface area contributed by atoms with E-state index in [0.717, 1.165) is 0 Å². The number of benzene rings is 1. The van der Waals surface area contributed by atoms with E-state index in [0.29, 0.717) is 31.3 Å². The van der Waals surface area contributed by atoms with Gasteiger partial charge >= 0.3 is 6.18 Å². The van der Waals surface area contributed by atoms with Crippen molar-refractivity contribution in [3.63, 3.8) is 0 Å². The van der Waals surface area contributed by atoms with Gasteiger partial charge in [0.05, 0.1) is 11.1 Å². The number of alkyl halides is 3. The van der Waals surface area contributed by atoms with Gasteiger partial charge in [0, 0.05) is 12.6 Å². The smallest absolute Gasteiger partial charge is 0.348 e. The zero-order valence-corrected chi connectivity index (χ0v) is 10.7. The van der Waals surface area contributed by atoms with Crippen LogP contribution in [0.5, 0.6) is 0 Å². The van der Waals surface area contributed by atoms with Gasteiger partial charge in [-0.15, -0.1) is 0 Å². The summed E-state index contributed by atoms with van der Waals surface area (Å²) in [7, 11) is 0. The number of nitrogens with one attached hydrogen (secondary N) is 2. The highest BCUT2D eigenvalue weighted by Gasteiger charge is 2.32. The highest BCUT2D eigenvalue weighted by atomic mass is 19.4. The first-order valence-electron chi connectivity index (χ1n) is 6.17. The Morgan fingerprint density at radius 2 is 2.05 bits per heavy atom. The maximum atomic E-state index is 13.5. The molecule has 2 atom stereocenters. The molecule has 2 rings (SSSR count). The van der Waals surface area contributed by atoms with E-state index in [9.17, 15) is 22.4 Å². The number of halogens is 4. The lowest BCUT2D eigenvalue weighted by Gasteiger charge is -2.17. The maximum absolute atomic E-state index is 13.5. The van der Waals surface area contributed by atoms with E-state index >= 15 is 0 Å². The van der Waals surface area contributed by atoms with Crippen molar-refractivity contribution in [2.24, 2.45) is 5.92 Å². The van der Waals surface area contributed by atoms with Crippen LogP contribution in [-0.2, 0) is 6.18 Å². The first-order chi connectivity index (χ1) is 9.29. The van der Waals surface area contributed by atoms with Crippen molar-refractivity contribution in [2.45, 2.75) is 19.1 Å². The molecule has 110 valence electrons. The summed E-state index contributed by atoms with van der Waals surface area (Å²) in [6.45, 7) is 3.12. The van der Waals surface area contributed by atoms with Crippen LogP contribution in [-0.4, -0.2) is 25.0 Å². The van der Waals surface area contributed by atoms with Crippen molar-refractivity contribution in [1.29, 1.82) is 0 Å². The van der Waals surface area contributed by atoms with E-state index in [-0.39, 0.29) is 12.0 Å². The van der Waals surface area contributed by atoms with Gasteiger partial charge in [-0.25, -0.2) is 4.39 Å². The summed E-state index contributed by atoms with van der Waals surface area (Å²) in [6, 6.07) is 1.61. The minimum Gasteiger partial charge on any atom is -0.348 e. The summed E-state index contributed by atoms with van der Waals surface area (Å²) >= 11 is 0. The Morgan fingerprint density at radius 1 is 1.35 bits per heavy atom. The molecule has 7 heteroatoms. The SMILES string of the molecule is CC1CNCC1NC(=O)c1cc(C(F)(F)F)ccc1F. The first kappa shape index (κ1) is 14.8. The zero-order chi connectivity index (χ0) is 14.9. The Morgan fingerprint density at radius 3 is 2.60 bits per heavy atom. The van der Waals surface area contributed by atoms with Crippen molar-refractivity contribution >= 4 is 5.91 Å². The molecule has 0 radical (unpaired) electrons. The zero-order valence-electron chi connectivity index (χ0n) is 10.7. The molecule has 0 spiro atoms. The van der Waals surface area contributed by atoms with Gasteiger partial charge < -0.3 is 10.6 Å². The normalized spacial score (nSPS) is 22.9. The van der Waals surface area contributed by atoms with Crippen molar-refractivity contribution < 1.29 is 22.4 Å². The fourth-order valence-electron chi connectivity index (χ4n) is 2.12. The Kier molecular flexibility index (Phi) is 3.99. The molecule has 2 N–H and O–H groups in total. The molecule has 1 aliphatic rings. The lowest BCUT2D eigenvalue weighted by molar-refractivity contribution is -0.137. The van der Waals surface area contributed by atoms with Crippen molar-refractivity contribution in [3.05, 3.63) is 35.1 Å². The average molecular weight is 290 g/mol. The lowest BCUT2D eigenvalue weighted by Crippen LogP contribution is -2.39. The fraction of sp³-hybridized carbons (Fsp3) is 0.462. The third-order valence-corrected chi connectivity index (χ3v) is 3.37. The fourth-order valence-corrected chi connectivity index (χ4v) is 2.12. The van der Waals surface area contributed by atoms with Gasteiger partial charge in [0.2, 0.25) is 0 Å². The summed E-state index contributed by atoms with van der Waals surface area (Å²) in [5.41, 5.74) is -1.62. The molecule has 0 saturated carbocycles. The quantitative estimate of drug-likeness (QED) is 0.820. The third kappa shape index (κ3) is 3.09. The van der Waals surface area contributed by atoms with Crippen LogP contribution >= 0.6 is 0 Å². The second kappa shape index (κ2) is 5.40. The van der Waals surface area contributed by atoms with E-state index in [4.69, 9.17) is 0 Å². The van der Waals surface area contributed by atoms with Crippen LogP contribution in [0.2, 0.25) is 0 Å². The third-order valence-electron chi connectivity index (χ3n) is 3.37. The number of hydrogen-bond donors (Lipinski definition) is 2. The van der Waals surface area contributed by atoms with Crippen LogP contribution < -0.4 is 10.6 Å². The molecular formula is C13H14F4N2O. The topological polar surface area (TPSA) is 41.1 Å². The molecular weight excluding hydrogens is 276 g/mol. The minimum absolute atomic E-state index is 0.146. The molecule has 20 heavy (non-hydrogen) atoms. The van der Waals surface area contributed by atoms with Crippen molar-refractivity contribution in [3.8, 4) is 0 Å². The van der Waals surface area contributed by atoms with Crippen LogP contribution in [0.4, 0.5) is 17.6 Å². The van der Waals surface area contributed by atoms with Gasteiger partial charge in [-0.3, -0.25) is 4.79 Å². The number of carbonyl (C=O) groups is 1.